The number of benzene rings is 1. The molecule has 2 aromatic rings. The van der Waals surface area contributed by atoms with Gasteiger partial charge in [0.25, 0.3) is 0 Å². The molecule has 1 N–H and O–H groups in total. The van der Waals surface area contributed by atoms with Gasteiger partial charge in [-0.05, 0) is 35.9 Å². The van der Waals surface area contributed by atoms with Gasteiger partial charge in [-0.3, -0.25) is 0 Å². The molecule has 1 atom stereocenters. The Bertz CT molecular complexity index is 528. The standard InChI is InChI=1S/C13H13ClN2S2/c14-9-1-2-13-11(5-9)12(3-4-18-13)15-6-10-7-17-8-16-10/h1-2,5,7-8,12,15H,3-4,6H2. The van der Waals surface area contributed by atoms with Crippen LogP contribution < -0.4 is 5.32 Å². The van der Waals surface area contributed by atoms with Gasteiger partial charge in [0.1, 0.15) is 0 Å². The molecule has 0 fully saturated rings. The van der Waals surface area contributed by atoms with Gasteiger partial charge >= 0.3 is 0 Å². The lowest BCUT2D eigenvalue weighted by molar-refractivity contribution is 0.506. The van der Waals surface area contributed by atoms with E-state index >= 15 is 0 Å². The van der Waals surface area contributed by atoms with Crippen molar-refractivity contribution < 1.29 is 0 Å². The monoisotopic (exact) mass is 296 g/mol. The third-order valence-electron chi connectivity index (χ3n) is 3.02. The Labute approximate surface area is 120 Å². The average Bonchev–Trinajstić information content (AvgIpc) is 2.89. The summed E-state index contributed by atoms with van der Waals surface area (Å²) >= 11 is 9.64. The van der Waals surface area contributed by atoms with Crippen LogP contribution in [0.4, 0.5) is 0 Å². The van der Waals surface area contributed by atoms with Gasteiger partial charge in [-0.1, -0.05) is 11.6 Å². The molecular formula is C13H13ClN2S2. The molecule has 2 heterocycles. The first-order valence-corrected chi connectivity index (χ1v) is 8.16. The minimum Gasteiger partial charge on any atom is -0.304 e. The summed E-state index contributed by atoms with van der Waals surface area (Å²) in [6, 6.07) is 6.57. The molecule has 1 aliphatic heterocycles. The molecule has 1 aromatic heterocycles. The van der Waals surface area contributed by atoms with Crippen LogP contribution in [0.2, 0.25) is 5.02 Å². The molecular weight excluding hydrogens is 284 g/mol. The molecule has 0 saturated carbocycles. The molecule has 0 aliphatic carbocycles. The lowest BCUT2D eigenvalue weighted by Gasteiger charge is -2.26. The van der Waals surface area contributed by atoms with Crippen molar-refractivity contribution in [1.29, 1.82) is 0 Å². The Morgan fingerprint density at radius 2 is 2.39 bits per heavy atom. The van der Waals surface area contributed by atoms with Crippen molar-refractivity contribution in [1.82, 2.24) is 10.3 Å². The largest absolute Gasteiger partial charge is 0.304 e. The highest BCUT2D eigenvalue weighted by molar-refractivity contribution is 7.99. The molecule has 0 bridgehead atoms. The fraction of sp³-hybridized carbons (Fsp3) is 0.308. The van der Waals surface area contributed by atoms with Crippen LogP contribution in [0, 0.1) is 0 Å². The molecule has 1 unspecified atom stereocenters. The topological polar surface area (TPSA) is 24.9 Å². The molecule has 94 valence electrons. The maximum atomic E-state index is 6.09. The number of nitrogens with one attached hydrogen (secondary N) is 1. The van der Waals surface area contributed by atoms with Crippen molar-refractivity contribution in [2.24, 2.45) is 0 Å². The summed E-state index contributed by atoms with van der Waals surface area (Å²) in [6.45, 7) is 0.824. The van der Waals surface area contributed by atoms with Gasteiger partial charge in [0.2, 0.25) is 0 Å². The molecule has 1 aliphatic rings. The Hall–Kier alpha value is -0.550. The molecule has 5 heteroatoms. The van der Waals surface area contributed by atoms with Crippen molar-refractivity contribution in [3.8, 4) is 0 Å². The van der Waals surface area contributed by atoms with Crippen LogP contribution in [0.15, 0.2) is 34.0 Å². The number of hydrogen-bond donors (Lipinski definition) is 1. The molecule has 0 spiro atoms. The summed E-state index contributed by atoms with van der Waals surface area (Å²) in [4.78, 5) is 5.65. The van der Waals surface area contributed by atoms with Crippen molar-refractivity contribution in [2.75, 3.05) is 5.75 Å². The zero-order valence-corrected chi connectivity index (χ0v) is 12.1. The average molecular weight is 297 g/mol. The zero-order chi connectivity index (χ0) is 12.4. The lowest BCUT2D eigenvalue weighted by Crippen LogP contribution is -2.24. The SMILES string of the molecule is Clc1ccc2c(c1)C(NCc1cscn1)CCS2. The Morgan fingerprint density at radius 3 is 3.22 bits per heavy atom. The minimum absolute atomic E-state index is 0.390. The van der Waals surface area contributed by atoms with Gasteiger partial charge in [0.05, 0.1) is 11.2 Å². The Kier molecular flexibility index (Phi) is 3.89. The predicted molar refractivity (Wildman–Crippen MR) is 78.5 cm³/mol. The first-order valence-electron chi connectivity index (χ1n) is 5.85. The van der Waals surface area contributed by atoms with E-state index in [4.69, 9.17) is 11.6 Å². The summed E-state index contributed by atoms with van der Waals surface area (Å²) in [7, 11) is 0. The number of rotatable bonds is 3. The van der Waals surface area contributed by atoms with Gasteiger partial charge in [-0.2, -0.15) is 0 Å². The van der Waals surface area contributed by atoms with Crippen LogP contribution in [0.3, 0.4) is 0 Å². The molecule has 0 amide bonds. The fourth-order valence-corrected chi connectivity index (χ4v) is 3.97. The highest BCUT2D eigenvalue weighted by Gasteiger charge is 2.20. The van der Waals surface area contributed by atoms with Crippen LogP contribution in [-0.4, -0.2) is 10.7 Å². The first-order chi connectivity index (χ1) is 8.83. The van der Waals surface area contributed by atoms with Crippen LogP contribution in [0.1, 0.15) is 23.7 Å². The lowest BCUT2D eigenvalue weighted by atomic mass is 10.0. The number of thiazole rings is 1. The van der Waals surface area contributed by atoms with E-state index in [9.17, 15) is 0 Å². The summed E-state index contributed by atoms with van der Waals surface area (Å²) in [6.07, 6.45) is 1.14. The maximum Gasteiger partial charge on any atom is 0.0795 e. The molecule has 3 rings (SSSR count). The first kappa shape index (κ1) is 12.5. The Morgan fingerprint density at radius 1 is 1.44 bits per heavy atom. The van der Waals surface area contributed by atoms with Crippen LogP contribution in [-0.2, 0) is 6.54 Å². The predicted octanol–water partition coefficient (Wildman–Crippen LogP) is 4.12. The Balaban J connectivity index is 1.76. The summed E-state index contributed by atoms with van der Waals surface area (Å²) in [5.74, 6) is 1.16. The maximum absolute atomic E-state index is 6.09. The smallest absolute Gasteiger partial charge is 0.0795 e. The van der Waals surface area contributed by atoms with E-state index < -0.39 is 0 Å². The normalized spacial score (nSPS) is 18.6. The van der Waals surface area contributed by atoms with Crippen molar-refractivity contribution in [3.63, 3.8) is 0 Å². The number of aromatic nitrogens is 1. The molecule has 0 radical (unpaired) electrons. The molecule has 1 aromatic carbocycles. The van der Waals surface area contributed by atoms with E-state index in [-0.39, 0.29) is 0 Å². The second-order valence-corrected chi connectivity index (χ2v) is 6.52. The second-order valence-electron chi connectivity index (χ2n) is 4.23. The van der Waals surface area contributed by atoms with E-state index in [0.717, 1.165) is 29.4 Å². The number of hydrogen-bond acceptors (Lipinski definition) is 4. The van der Waals surface area contributed by atoms with Gasteiger partial charge in [0.15, 0.2) is 0 Å². The molecule has 0 saturated heterocycles. The minimum atomic E-state index is 0.390. The van der Waals surface area contributed by atoms with E-state index in [2.05, 4.69) is 27.8 Å². The van der Waals surface area contributed by atoms with Gasteiger partial charge in [-0.25, -0.2) is 4.98 Å². The van der Waals surface area contributed by atoms with Crippen molar-refractivity contribution >= 4 is 34.7 Å². The number of halogens is 1. The van der Waals surface area contributed by atoms with Crippen LogP contribution in [0.25, 0.3) is 0 Å². The third-order valence-corrected chi connectivity index (χ3v) is 5.02. The van der Waals surface area contributed by atoms with Crippen LogP contribution in [0.5, 0.6) is 0 Å². The van der Waals surface area contributed by atoms with Crippen molar-refractivity contribution in [3.05, 3.63) is 45.4 Å². The highest BCUT2D eigenvalue weighted by Crippen LogP contribution is 2.37. The van der Waals surface area contributed by atoms with Crippen LogP contribution >= 0.6 is 34.7 Å². The number of nitrogens with zero attached hydrogens (tertiary/aromatic N) is 1. The molecule has 2 nitrogen and oxygen atoms in total. The summed E-state index contributed by atoms with van der Waals surface area (Å²) in [5, 5.41) is 6.48. The summed E-state index contributed by atoms with van der Waals surface area (Å²) in [5.41, 5.74) is 4.31. The van der Waals surface area contributed by atoms with Gasteiger partial charge in [-0.15, -0.1) is 23.1 Å². The van der Waals surface area contributed by atoms with Crippen molar-refractivity contribution in [2.45, 2.75) is 23.9 Å². The van der Waals surface area contributed by atoms with E-state index in [1.807, 2.05) is 23.3 Å². The number of thioether (sulfide) groups is 1. The quantitative estimate of drug-likeness (QED) is 0.922. The van der Waals surface area contributed by atoms with E-state index in [0.29, 0.717) is 6.04 Å². The molecule has 18 heavy (non-hydrogen) atoms. The van der Waals surface area contributed by atoms with E-state index in [1.165, 1.54) is 10.5 Å². The second kappa shape index (κ2) is 5.61. The third kappa shape index (κ3) is 2.72. The summed E-state index contributed by atoms with van der Waals surface area (Å²) < 4.78 is 0. The van der Waals surface area contributed by atoms with Gasteiger partial charge in [0, 0.05) is 27.9 Å². The van der Waals surface area contributed by atoms with E-state index in [1.54, 1.807) is 11.3 Å². The zero-order valence-electron chi connectivity index (χ0n) is 9.73. The number of fused-ring (bicyclic) bond motifs is 1. The fourth-order valence-electron chi connectivity index (χ4n) is 2.13. The van der Waals surface area contributed by atoms with Gasteiger partial charge < -0.3 is 5.32 Å². The highest BCUT2D eigenvalue weighted by atomic mass is 35.5.